The number of nitrogens with zero attached hydrogens (tertiary/aromatic N) is 2. The van der Waals surface area contributed by atoms with E-state index in [-0.39, 0.29) is 42.8 Å². The van der Waals surface area contributed by atoms with Crippen molar-refractivity contribution < 1.29 is 9.53 Å². The van der Waals surface area contributed by atoms with E-state index in [4.69, 9.17) is 10.5 Å². The Hall–Kier alpha value is -0.370. The van der Waals surface area contributed by atoms with Crippen LogP contribution in [0.2, 0.25) is 0 Å². The molecular formula is C16H29Cl2N3O2S. The number of nitrogens with two attached hydrogens (primary N) is 1. The Kier molecular flexibility index (Phi) is 11.9. The number of halogens is 2. The van der Waals surface area contributed by atoms with Crippen LogP contribution in [0.3, 0.4) is 0 Å². The third kappa shape index (κ3) is 7.25. The van der Waals surface area contributed by atoms with Crippen molar-refractivity contribution in [3.8, 4) is 0 Å². The minimum absolute atomic E-state index is 0. The molecule has 1 fully saturated rings. The number of amides is 1. The molecule has 0 saturated carbocycles. The van der Waals surface area contributed by atoms with E-state index in [1.54, 1.807) is 11.3 Å². The summed E-state index contributed by atoms with van der Waals surface area (Å²) >= 11 is 1.76. The molecule has 2 rings (SSSR count). The van der Waals surface area contributed by atoms with Crippen LogP contribution < -0.4 is 5.73 Å². The van der Waals surface area contributed by atoms with Crippen molar-refractivity contribution in [2.45, 2.75) is 31.8 Å². The monoisotopic (exact) mass is 397 g/mol. The SMILES string of the molecule is CC(N)CCC(=O)N(C)CC(c1cccs1)N1CCOCC1.Cl.Cl. The molecule has 0 bridgehead atoms. The molecule has 0 spiro atoms. The molecule has 0 aromatic carbocycles. The first-order valence-electron chi connectivity index (χ1n) is 7.92. The second kappa shape index (κ2) is 12.1. The number of carbonyl (C=O) groups is 1. The molecule has 2 N–H and O–H groups in total. The van der Waals surface area contributed by atoms with Crippen LogP contribution in [0.25, 0.3) is 0 Å². The molecule has 1 aliphatic rings. The van der Waals surface area contributed by atoms with Gasteiger partial charge in [0.25, 0.3) is 0 Å². The highest BCUT2D eigenvalue weighted by Crippen LogP contribution is 2.26. The largest absolute Gasteiger partial charge is 0.379 e. The van der Waals surface area contributed by atoms with Gasteiger partial charge in [0.15, 0.2) is 0 Å². The van der Waals surface area contributed by atoms with Gasteiger partial charge in [-0.2, -0.15) is 0 Å². The number of rotatable bonds is 7. The Labute approximate surface area is 161 Å². The van der Waals surface area contributed by atoms with E-state index in [1.807, 2.05) is 18.9 Å². The van der Waals surface area contributed by atoms with Gasteiger partial charge in [0.2, 0.25) is 5.91 Å². The van der Waals surface area contributed by atoms with Gasteiger partial charge in [-0.25, -0.2) is 0 Å². The summed E-state index contributed by atoms with van der Waals surface area (Å²) in [6, 6.07) is 4.56. The van der Waals surface area contributed by atoms with Crippen molar-refractivity contribution >= 4 is 42.1 Å². The molecule has 5 nitrogen and oxygen atoms in total. The molecule has 1 aromatic heterocycles. The first-order chi connectivity index (χ1) is 10.6. The Bertz CT molecular complexity index is 454. The highest BCUT2D eigenvalue weighted by Gasteiger charge is 2.26. The van der Waals surface area contributed by atoms with Crippen LogP contribution in [-0.4, -0.2) is 61.6 Å². The zero-order valence-electron chi connectivity index (χ0n) is 14.3. The summed E-state index contributed by atoms with van der Waals surface area (Å²) in [5, 5.41) is 2.10. The normalized spacial score (nSPS) is 17.3. The number of ether oxygens (including phenoxy) is 1. The fraction of sp³-hybridized carbons (Fsp3) is 0.688. The van der Waals surface area contributed by atoms with Crippen LogP contribution in [0.15, 0.2) is 17.5 Å². The fourth-order valence-electron chi connectivity index (χ4n) is 2.66. The topological polar surface area (TPSA) is 58.8 Å². The van der Waals surface area contributed by atoms with Gasteiger partial charge in [0.05, 0.1) is 19.3 Å². The Morgan fingerprint density at radius 1 is 1.42 bits per heavy atom. The number of carbonyl (C=O) groups excluding carboxylic acids is 1. The second-order valence-electron chi connectivity index (χ2n) is 5.97. The molecule has 2 atom stereocenters. The van der Waals surface area contributed by atoms with E-state index in [1.165, 1.54) is 4.88 Å². The third-order valence-corrected chi connectivity index (χ3v) is 5.02. The van der Waals surface area contributed by atoms with Gasteiger partial charge >= 0.3 is 0 Å². The van der Waals surface area contributed by atoms with Crippen molar-refractivity contribution in [2.24, 2.45) is 5.73 Å². The quantitative estimate of drug-likeness (QED) is 0.767. The van der Waals surface area contributed by atoms with Crippen LogP contribution in [0.4, 0.5) is 0 Å². The number of hydrogen-bond donors (Lipinski definition) is 1. The van der Waals surface area contributed by atoms with E-state index in [9.17, 15) is 4.79 Å². The fourth-order valence-corrected chi connectivity index (χ4v) is 3.51. The standard InChI is InChI=1S/C16H27N3O2S.2ClH/c1-13(17)5-6-16(20)18(2)12-14(15-4-3-11-22-15)19-7-9-21-10-8-19;;/h3-4,11,13-14H,5-10,12,17H2,1-2H3;2*1H. The van der Waals surface area contributed by atoms with Crippen molar-refractivity contribution in [3.05, 3.63) is 22.4 Å². The zero-order chi connectivity index (χ0) is 15.9. The van der Waals surface area contributed by atoms with Gasteiger partial charge < -0.3 is 15.4 Å². The molecule has 2 heterocycles. The number of thiophene rings is 1. The van der Waals surface area contributed by atoms with Crippen LogP contribution in [-0.2, 0) is 9.53 Å². The van der Waals surface area contributed by atoms with Crippen molar-refractivity contribution in [3.63, 3.8) is 0 Å². The minimum atomic E-state index is 0. The van der Waals surface area contributed by atoms with Gasteiger partial charge in [-0.05, 0) is 24.8 Å². The summed E-state index contributed by atoms with van der Waals surface area (Å²) < 4.78 is 5.45. The molecule has 2 unspecified atom stereocenters. The number of morpholine rings is 1. The third-order valence-electron chi connectivity index (χ3n) is 4.04. The predicted octanol–water partition coefficient (Wildman–Crippen LogP) is 2.55. The average Bonchev–Trinajstić information content (AvgIpc) is 3.04. The van der Waals surface area contributed by atoms with Crippen LogP contribution in [0.5, 0.6) is 0 Å². The van der Waals surface area contributed by atoms with E-state index in [0.29, 0.717) is 6.42 Å². The van der Waals surface area contributed by atoms with Crippen molar-refractivity contribution in [1.82, 2.24) is 9.80 Å². The molecule has 1 aromatic rings. The summed E-state index contributed by atoms with van der Waals surface area (Å²) in [5.74, 6) is 0.173. The molecule has 0 radical (unpaired) electrons. The van der Waals surface area contributed by atoms with E-state index in [0.717, 1.165) is 39.3 Å². The number of likely N-dealkylation sites (N-methyl/N-ethyl adjacent to an activating group) is 1. The smallest absolute Gasteiger partial charge is 0.222 e. The molecular weight excluding hydrogens is 369 g/mol. The lowest BCUT2D eigenvalue weighted by atomic mass is 10.1. The highest BCUT2D eigenvalue weighted by molar-refractivity contribution is 7.10. The number of hydrogen-bond acceptors (Lipinski definition) is 5. The molecule has 0 aliphatic carbocycles. The summed E-state index contributed by atoms with van der Waals surface area (Å²) in [6.07, 6.45) is 1.26. The van der Waals surface area contributed by atoms with Crippen molar-refractivity contribution in [1.29, 1.82) is 0 Å². The highest BCUT2D eigenvalue weighted by atomic mass is 35.5. The van der Waals surface area contributed by atoms with Gasteiger partial charge in [-0.15, -0.1) is 36.2 Å². The minimum Gasteiger partial charge on any atom is -0.379 e. The van der Waals surface area contributed by atoms with Crippen LogP contribution in [0, 0.1) is 0 Å². The van der Waals surface area contributed by atoms with E-state index >= 15 is 0 Å². The maximum absolute atomic E-state index is 12.3. The predicted molar refractivity (Wildman–Crippen MR) is 104 cm³/mol. The van der Waals surface area contributed by atoms with Crippen LogP contribution >= 0.6 is 36.2 Å². The lowest BCUT2D eigenvalue weighted by molar-refractivity contribution is -0.131. The Morgan fingerprint density at radius 2 is 2.08 bits per heavy atom. The second-order valence-corrected chi connectivity index (χ2v) is 6.95. The van der Waals surface area contributed by atoms with Gasteiger partial charge in [-0.3, -0.25) is 9.69 Å². The van der Waals surface area contributed by atoms with Gasteiger partial charge in [0.1, 0.15) is 0 Å². The zero-order valence-corrected chi connectivity index (χ0v) is 16.8. The Morgan fingerprint density at radius 3 is 2.62 bits per heavy atom. The molecule has 1 aliphatic heterocycles. The maximum Gasteiger partial charge on any atom is 0.222 e. The average molecular weight is 398 g/mol. The lowest BCUT2D eigenvalue weighted by Gasteiger charge is -2.36. The van der Waals surface area contributed by atoms with E-state index in [2.05, 4.69) is 22.4 Å². The first-order valence-corrected chi connectivity index (χ1v) is 8.80. The summed E-state index contributed by atoms with van der Waals surface area (Å²) in [4.78, 5) is 17.9. The van der Waals surface area contributed by atoms with E-state index < -0.39 is 0 Å². The molecule has 8 heteroatoms. The molecule has 1 amide bonds. The van der Waals surface area contributed by atoms with Gasteiger partial charge in [-0.1, -0.05) is 6.07 Å². The van der Waals surface area contributed by atoms with Gasteiger partial charge in [0, 0.05) is 44.0 Å². The molecule has 1 saturated heterocycles. The maximum atomic E-state index is 12.3. The summed E-state index contributed by atoms with van der Waals surface area (Å²) in [5.41, 5.74) is 5.74. The summed E-state index contributed by atoms with van der Waals surface area (Å²) in [6.45, 7) is 6.04. The Balaban J connectivity index is 0.00000264. The molecule has 140 valence electrons. The summed E-state index contributed by atoms with van der Waals surface area (Å²) in [7, 11) is 1.89. The van der Waals surface area contributed by atoms with Crippen LogP contribution in [0.1, 0.15) is 30.7 Å². The van der Waals surface area contributed by atoms with Crippen molar-refractivity contribution in [2.75, 3.05) is 39.9 Å². The first kappa shape index (κ1) is 23.6. The lowest BCUT2D eigenvalue weighted by Crippen LogP contribution is -2.44. The molecule has 24 heavy (non-hydrogen) atoms.